The summed E-state index contributed by atoms with van der Waals surface area (Å²) < 4.78 is 4.89. The predicted molar refractivity (Wildman–Crippen MR) is 39.4 cm³/mol. The first-order valence-corrected chi connectivity index (χ1v) is 3.63. The highest BCUT2D eigenvalue weighted by Gasteiger charge is 2.09. The zero-order chi connectivity index (χ0) is 8.69. The molecule has 11 heavy (non-hydrogen) atoms. The van der Waals surface area contributed by atoms with Crippen molar-refractivity contribution in [1.29, 1.82) is 0 Å². The minimum absolute atomic E-state index is 0.130. The number of aliphatic hydroxyl groups excluding tert-OH is 1. The molecule has 4 heteroatoms. The second kappa shape index (κ2) is 6.12. The Kier molecular flexibility index (Phi) is 5.78. The van der Waals surface area contributed by atoms with Crippen LogP contribution in [0, 0.1) is 0 Å². The van der Waals surface area contributed by atoms with Gasteiger partial charge < -0.3 is 14.9 Å². The Bertz CT molecular complexity index is 113. The summed E-state index contributed by atoms with van der Waals surface area (Å²) in [6, 6.07) is 0. The zero-order valence-electron chi connectivity index (χ0n) is 6.62. The standard InChI is InChI=1S/C7H14O4/c1-6(7(9)10)11-5-3-2-4-8/h6,8H,2-5H2,1H3,(H,9,10)/t6-/m0/s1. The molecule has 0 aromatic carbocycles. The third-order valence-electron chi connectivity index (χ3n) is 1.27. The molecule has 0 bridgehead atoms. The monoisotopic (exact) mass is 162 g/mol. The van der Waals surface area contributed by atoms with Gasteiger partial charge in [0, 0.05) is 13.2 Å². The number of hydrogen-bond donors (Lipinski definition) is 2. The van der Waals surface area contributed by atoms with Crippen molar-refractivity contribution in [1.82, 2.24) is 0 Å². The molecule has 2 N–H and O–H groups in total. The number of carbonyl (C=O) groups is 1. The molecule has 0 spiro atoms. The number of ether oxygens (including phenoxy) is 1. The van der Waals surface area contributed by atoms with E-state index >= 15 is 0 Å². The lowest BCUT2D eigenvalue weighted by molar-refractivity contribution is -0.149. The van der Waals surface area contributed by atoms with Crippen LogP contribution in [0.15, 0.2) is 0 Å². The Morgan fingerprint density at radius 2 is 2.18 bits per heavy atom. The van der Waals surface area contributed by atoms with Crippen molar-refractivity contribution in [3.8, 4) is 0 Å². The molecule has 0 amide bonds. The van der Waals surface area contributed by atoms with Crippen LogP contribution in [0.5, 0.6) is 0 Å². The van der Waals surface area contributed by atoms with Gasteiger partial charge in [-0.1, -0.05) is 0 Å². The number of hydrogen-bond acceptors (Lipinski definition) is 3. The first kappa shape index (κ1) is 10.4. The first-order valence-electron chi connectivity index (χ1n) is 3.63. The van der Waals surface area contributed by atoms with Crippen molar-refractivity contribution in [3.05, 3.63) is 0 Å². The molecule has 0 aromatic heterocycles. The van der Waals surface area contributed by atoms with Crippen molar-refractivity contribution in [2.75, 3.05) is 13.2 Å². The number of unbranched alkanes of at least 4 members (excludes halogenated alkanes) is 1. The molecule has 0 aliphatic carbocycles. The lowest BCUT2D eigenvalue weighted by Gasteiger charge is -2.06. The van der Waals surface area contributed by atoms with Crippen molar-refractivity contribution in [3.63, 3.8) is 0 Å². The van der Waals surface area contributed by atoms with Gasteiger partial charge >= 0.3 is 5.97 Å². The van der Waals surface area contributed by atoms with E-state index in [4.69, 9.17) is 14.9 Å². The number of rotatable bonds is 6. The van der Waals surface area contributed by atoms with Gasteiger partial charge in [-0.2, -0.15) is 0 Å². The van der Waals surface area contributed by atoms with E-state index in [0.717, 1.165) is 0 Å². The molecule has 0 heterocycles. The maximum Gasteiger partial charge on any atom is 0.332 e. The molecule has 0 aliphatic heterocycles. The van der Waals surface area contributed by atoms with Crippen molar-refractivity contribution >= 4 is 5.97 Å². The molecule has 0 saturated heterocycles. The fourth-order valence-electron chi connectivity index (χ4n) is 0.545. The average Bonchev–Trinajstić information content (AvgIpc) is 1.97. The molecule has 66 valence electrons. The molecule has 0 radical (unpaired) electrons. The van der Waals surface area contributed by atoms with Crippen LogP contribution < -0.4 is 0 Å². The highest BCUT2D eigenvalue weighted by Crippen LogP contribution is 1.94. The normalized spacial score (nSPS) is 12.9. The van der Waals surface area contributed by atoms with Gasteiger partial charge in [0.25, 0.3) is 0 Å². The topological polar surface area (TPSA) is 66.8 Å². The van der Waals surface area contributed by atoms with Crippen molar-refractivity contribution in [2.45, 2.75) is 25.9 Å². The van der Waals surface area contributed by atoms with Gasteiger partial charge in [0.15, 0.2) is 6.10 Å². The molecule has 0 aromatic rings. The van der Waals surface area contributed by atoms with E-state index < -0.39 is 12.1 Å². The molecule has 0 saturated carbocycles. The highest BCUT2D eigenvalue weighted by atomic mass is 16.5. The van der Waals surface area contributed by atoms with Gasteiger partial charge in [0.2, 0.25) is 0 Å². The van der Waals surface area contributed by atoms with E-state index in [9.17, 15) is 4.79 Å². The maximum atomic E-state index is 10.2. The van der Waals surface area contributed by atoms with E-state index in [-0.39, 0.29) is 6.61 Å². The molecular formula is C7H14O4. The maximum absolute atomic E-state index is 10.2. The van der Waals surface area contributed by atoms with E-state index in [2.05, 4.69) is 0 Å². The second-order valence-electron chi connectivity index (χ2n) is 2.28. The fourth-order valence-corrected chi connectivity index (χ4v) is 0.545. The molecule has 0 unspecified atom stereocenters. The van der Waals surface area contributed by atoms with Crippen LogP contribution in [0.4, 0.5) is 0 Å². The Hall–Kier alpha value is -0.610. The first-order chi connectivity index (χ1) is 5.18. The van der Waals surface area contributed by atoms with E-state index in [1.807, 2.05) is 0 Å². The summed E-state index contributed by atoms with van der Waals surface area (Å²) >= 11 is 0. The van der Waals surface area contributed by atoms with Crippen molar-refractivity contribution in [2.24, 2.45) is 0 Å². The number of carboxylic acids is 1. The second-order valence-corrected chi connectivity index (χ2v) is 2.28. The third kappa shape index (κ3) is 5.82. The predicted octanol–water partition coefficient (Wildman–Crippen LogP) is 0.249. The zero-order valence-corrected chi connectivity index (χ0v) is 6.62. The summed E-state index contributed by atoms with van der Waals surface area (Å²) in [5.41, 5.74) is 0. The van der Waals surface area contributed by atoms with Gasteiger partial charge in [-0.15, -0.1) is 0 Å². The van der Waals surface area contributed by atoms with Gasteiger partial charge in [-0.25, -0.2) is 4.79 Å². The summed E-state index contributed by atoms with van der Waals surface area (Å²) in [7, 11) is 0. The molecule has 0 rings (SSSR count). The summed E-state index contributed by atoms with van der Waals surface area (Å²) in [6.07, 6.45) is 0.620. The highest BCUT2D eigenvalue weighted by molar-refractivity contribution is 5.71. The van der Waals surface area contributed by atoms with Gasteiger partial charge in [0.1, 0.15) is 0 Å². The van der Waals surface area contributed by atoms with Crippen LogP contribution in [0.1, 0.15) is 19.8 Å². The minimum atomic E-state index is -0.950. The molecular weight excluding hydrogens is 148 g/mol. The van der Waals surface area contributed by atoms with Gasteiger partial charge in [-0.3, -0.25) is 0 Å². The molecule has 0 aliphatic rings. The van der Waals surface area contributed by atoms with Crippen LogP contribution in [0.25, 0.3) is 0 Å². The van der Waals surface area contributed by atoms with E-state index in [1.54, 1.807) is 0 Å². The Morgan fingerprint density at radius 3 is 2.64 bits per heavy atom. The molecule has 1 atom stereocenters. The summed E-state index contributed by atoms with van der Waals surface area (Å²) in [4.78, 5) is 10.2. The van der Waals surface area contributed by atoms with Crippen LogP contribution >= 0.6 is 0 Å². The quantitative estimate of drug-likeness (QED) is 0.549. The van der Waals surface area contributed by atoms with E-state index in [0.29, 0.717) is 19.4 Å². The molecule has 0 fully saturated rings. The lowest BCUT2D eigenvalue weighted by Crippen LogP contribution is -2.20. The number of aliphatic hydroxyl groups is 1. The van der Waals surface area contributed by atoms with Gasteiger partial charge in [0.05, 0.1) is 0 Å². The van der Waals surface area contributed by atoms with Crippen LogP contribution in [0.2, 0.25) is 0 Å². The van der Waals surface area contributed by atoms with Crippen LogP contribution in [-0.2, 0) is 9.53 Å². The minimum Gasteiger partial charge on any atom is -0.479 e. The number of aliphatic carboxylic acids is 1. The average molecular weight is 162 g/mol. The van der Waals surface area contributed by atoms with Crippen molar-refractivity contribution < 1.29 is 19.7 Å². The smallest absolute Gasteiger partial charge is 0.332 e. The number of carboxylic acid groups (broad SMARTS) is 1. The Morgan fingerprint density at radius 1 is 1.55 bits per heavy atom. The largest absolute Gasteiger partial charge is 0.479 e. The fraction of sp³-hybridized carbons (Fsp3) is 0.857. The third-order valence-corrected chi connectivity index (χ3v) is 1.27. The SMILES string of the molecule is C[C@H](OCCCCO)C(=O)O. The summed E-state index contributed by atoms with van der Waals surface area (Å²) in [5, 5.41) is 16.7. The van der Waals surface area contributed by atoms with Crippen LogP contribution in [-0.4, -0.2) is 35.5 Å². The molecule has 4 nitrogen and oxygen atoms in total. The lowest BCUT2D eigenvalue weighted by atomic mass is 10.3. The van der Waals surface area contributed by atoms with Crippen LogP contribution in [0.3, 0.4) is 0 Å². The van der Waals surface area contributed by atoms with Gasteiger partial charge in [-0.05, 0) is 19.8 Å². The summed E-state index contributed by atoms with van der Waals surface area (Å²) in [6.45, 7) is 2.01. The Balaban J connectivity index is 3.17. The van der Waals surface area contributed by atoms with E-state index in [1.165, 1.54) is 6.92 Å². The summed E-state index contributed by atoms with van der Waals surface area (Å²) in [5.74, 6) is -0.950. The Labute approximate surface area is 65.8 Å².